The fourth-order valence-electron chi connectivity index (χ4n) is 11.0. The Hall–Kier alpha value is -8.58. The van der Waals surface area contributed by atoms with Crippen LogP contribution < -0.4 is 14.7 Å². The van der Waals surface area contributed by atoms with E-state index in [1.165, 1.54) is 61.9 Å². The number of para-hydroxylation sites is 2. The molecule has 0 spiro atoms. The summed E-state index contributed by atoms with van der Waals surface area (Å²) in [6.07, 6.45) is 27.2. The van der Waals surface area contributed by atoms with E-state index in [-0.39, 0.29) is 5.92 Å². The molecule has 12 rings (SSSR count). The summed E-state index contributed by atoms with van der Waals surface area (Å²) in [6.45, 7) is 0. The van der Waals surface area contributed by atoms with Crippen molar-refractivity contribution in [1.29, 1.82) is 10.5 Å². The number of aromatic nitrogens is 1. The minimum absolute atomic E-state index is 0.226. The third-order valence-corrected chi connectivity index (χ3v) is 14.2. The lowest BCUT2D eigenvalue weighted by Gasteiger charge is -2.33. The van der Waals surface area contributed by atoms with E-state index in [2.05, 4.69) is 207 Å². The number of allylic oxidation sites excluding steroid dienone is 13. The fraction of sp³-hybridized carbons (Fsp3) is 0.129. The first kappa shape index (κ1) is 40.9. The van der Waals surface area contributed by atoms with E-state index in [1.807, 2.05) is 24.3 Å². The van der Waals surface area contributed by atoms with E-state index in [1.54, 1.807) is 0 Å². The van der Waals surface area contributed by atoms with Crippen LogP contribution in [0.4, 0.5) is 28.4 Å². The lowest BCUT2D eigenvalue weighted by Crippen LogP contribution is -2.24. The molecule has 0 N–H and O–H groups in total. The van der Waals surface area contributed by atoms with Crippen LogP contribution in [0.2, 0.25) is 0 Å². The Morgan fingerprint density at radius 2 is 1.07 bits per heavy atom. The fourth-order valence-corrected chi connectivity index (χ4v) is 11.0. The Kier molecular flexibility index (Phi) is 10.4. The minimum Gasteiger partial charge on any atom is -0.317 e. The van der Waals surface area contributed by atoms with Crippen molar-refractivity contribution in [3.05, 3.63) is 245 Å². The van der Waals surface area contributed by atoms with Crippen molar-refractivity contribution < 1.29 is 0 Å². The van der Waals surface area contributed by atoms with Gasteiger partial charge in [-0.3, -0.25) is 0 Å². The highest BCUT2D eigenvalue weighted by molar-refractivity contribution is 5.96. The second-order valence-electron chi connectivity index (χ2n) is 18.1. The number of anilines is 5. The lowest BCUT2D eigenvalue weighted by molar-refractivity contribution is 0.754. The minimum atomic E-state index is 0.226. The first-order valence-corrected chi connectivity index (χ1v) is 23.8. The molecule has 1 aliphatic heterocycles. The van der Waals surface area contributed by atoms with Gasteiger partial charge in [0.2, 0.25) is 0 Å². The normalized spacial score (nSPS) is 16.8. The molecule has 0 fully saturated rings. The van der Waals surface area contributed by atoms with Gasteiger partial charge in [-0.05, 0) is 171 Å². The molecule has 0 amide bonds. The van der Waals surface area contributed by atoms with Crippen molar-refractivity contribution in [3.8, 4) is 23.3 Å². The molecule has 326 valence electrons. The van der Waals surface area contributed by atoms with E-state index >= 15 is 0 Å². The molecule has 0 saturated carbocycles. The van der Waals surface area contributed by atoms with Gasteiger partial charge in [-0.2, -0.15) is 10.5 Å². The molecule has 4 aliphatic carbocycles. The van der Waals surface area contributed by atoms with Crippen molar-refractivity contribution in [2.45, 2.75) is 50.9 Å². The molecule has 1 atom stereocenters. The molecule has 68 heavy (non-hydrogen) atoms. The Bertz CT molecular complexity index is 3430. The summed E-state index contributed by atoms with van der Waals surface area (Å²) in [7, 11) is 0. The summed E-state index contributed by atoms with van der Waals surface area (Å²) in [5.41, 5.74) is 20.7. The van der Waals surface area contributed by atoms with Gasteiger partial charge in [0.1, 0.15) is 0 Å². The predicted octanol–water partition coefficient (Wildman–Crippen LogP) is 15.5. The third-order valence-electron chi connectivity index (χ3n) is 14.2. The zero-order chi connectivity index (χ0) is 45.6. The van der Waals surface area contributed by atoms with Crippen molar-refractivity contribution >= 4 is 51.1 Å². The van der Waals surface area contributed by atoms with E-state index in [4.69, 9.17) is 0 Å². The quantitative estimate of drug-likeness (QED) is 0.145. The highest BCUT2D eigenvalue weighted by Crippen LogP contribution is 2.52. The maximum absolute atomic E-state index is 9.69. The van der Waals surface area contributed by atoms with Crippen LogP contribution in [-0.2, 0) is 6.42 Å². The van der Waals surface area contributed by atoms with Gasteiger partial charge in [-0.25, -0.2) is 0 Å². The molecule has 6 nitrogen and oxygen atoms in total. The van der Waals surface area contributed by atoms with Gasteiger partial charge in [-0.15, -0.1) is 0 Å². The van der Waals surface area contributed by atoms with Gasteiger partial charge in [0.25, 0.3) is 0 Å². The predicted molar refractivity (Wildman–Crippen MR) is 278 cm³/mol. The maximum atomic E-state index is 9.69. The Morgan fingerprint density at radius 3 is 1.68 bits per heavy atom. The average molecular weight is 877 g/mol. The van der Waals surface area contributed by atoms with Crippen LogP contribution in [0.1, 0.15) is 72.4 Å². The molecule has 7 aromatic rings. The first-order valence-electron chi connectivity index (χ1n) is 23.8. The van der Waals surface area contributed by atoms with Gasteiger partial charge >= 0.3 is 0 Å². The molecule has 0 bridgehead atoms. The Balaban J connectivity index is 0.879. The van der Waals surface area contributed by atoms with Gasteiger partial charge in [0.05, 0.1) is 28.8 Å². The highest BCUT2D eigenvalue weighted by atomic mass is 15.2. The van der Waals surface area contributed by atoms with Gasteiger partial charge in [0, 0.05) is 85.9 Å². The summed E-state index contributed by atoms with van der Waals surface area (Å²) in [6, 6.07) is 56.0. The van der Waals surface area contributed by atoms with Crippen LogP contribution >= 0.6 is 0 Å². The molecule has 6 aromatic carbocycles. The molecule has 0 saturated heterocycles. The van der Waals surface area contributed by atoms with Crippen LogP contribution in [0.25, 0.3) is 33.8 Å². The second-order valence-corrected chi connectivity index (χ2v) is 18.1. The summed E-state index contributed by atoms with van der Waals surface area (Å²) in [4.78, 5) is 7.21. The largest absolute Gasteiger partial charge is 0.317 e. The van der Waals surface area contributed by atoms with Crippen LogP contribution in [0.5, 0.6) is 0 Å². The van der Waals surface area contributed by atoms with Gasteiger partial charge in [-0.1, -0.05) is 85.0 Å². The summed E-state index contributed by atoms with van der Waals surface area (Å²) < 4.78 is 2.51. The van der Waals surface area contributed by atoms with Crippen molar-refractivity contribution in [2.75, 3.05) is 14.7 Å². The average Bonchev–Trinajstić information content (AvgIpc) is 3.92. The monoisotopic (exact) mass is 876 g/mol. The molecule has 1 unspecified atom stereocenters. The number of benzene rings is 6. The number of nitrogens with zero attached hydrogens (tertiary/aromatic N) is 6. The number of rotatable bonds is 9. The van der Waals surface area contributed by atoms with Crippen LogP contribution in [0.3, 0.4) is 0 Å². The SMILES string of the molecule is N#Cc1ccc(N(C2=Cc3c(n(C4=CC=CCC4)c4ccccc34)CC2)c2ccc(-c3ccc(N(C4=CC=C5C(C4)c4ccccc4N5C4=CC=CCC4)c4ccc(C#N)cc4)cc3)cc2)cc1. The Labute approximate surface area is 398 Å². The van der Waals surface area contributed by atoms with Crippen molar-refractivity contribution in [1.82, 2.24) is 4.57 Å². The van der Waals surface area contributed by atoms with E-state index in [0.29, 0.717) is 11.1 Å². The zero-order valence-electron chi connectivity index (χ0n) is 37.8. The number of hydrogen-bond acceptors (Lipinski definition) is 5. The summed E-state index contributed by atoms with van der Waals surface area (Å²) >= 11 is 0. The molecular weight excluding hydrogens is 829 g/mol. The molecule has 1 aromatic heterocycles. The highest BCUT2D eigenvalue weighted by Gasteiger charge is 2.38. The third kappa shape index (κ3) is 7.19. The van der Waals surface area contributed by atoms with E-state index in [0.717, 1.165) is 78.8 Å². The molecule has 5 aliphatic rings. The van der Waals surface area contributed by atoms with Gasteiger partial charge < -0.3 is 19.3 Å². The molecular formula is C62H48N6. The number of nitriles is 2. The van der Waals surface area contributed by atoms with Crippen LogP contribution in [-0.4, -0.2) is 4.57 Å². The van der Waals surface area contributed by atoms with Crippen LogP contribution in [0.15, 0.2) is 217 Å². The smallest absolute Gasteiger partial charge is 0.0991 e. The topological polar surface area (TPSA) is 62.2 Å². The summed E-state index contributed by atoms with van der Waals surface area (Å²) in [5.74, 6) is 0.226. The number of hydrogen-bond donors (Lipinski definition) is 0. The molecule has 2 heterocycles. The Morgan fingerprint density at radius 1 is 0.515 bits per heavy atom. The standard InChI is InChI=1S/C62H48N6/c63-41-43-19-27-49(28-20-43)65(53-35-37-61-57(39-53)55-15-7-9-17-59(55)67(61)47-11-3-1-4-12-47)51-31-23-45(24-32-51)46-25-33-52(34-26-46)66(50-29-21-44(42-64)22-30-50)54-36-38-62-58(40-54)56-16-8-10-18-60(56)68(62)48-13-5-2-6-14-48/h1-3,5,7-11,13,15-35,37,40,57H,4,6,12,14,36,38-39H2. The maximum Gasteiger partial charge on any atom is 0.0991 e. The second kappa shape index (κ2) is 17.3. The van der Waals surface area contributed by atoms with Crippen molar-refractivity contribution in [2.24, 2.45) is 0 Å². The van der Waals surface area contributed by atoms with Crippen molar-refractivity contribution in [3.63, 3.8) is 0 Å². The van der Waals surface area contributed by atoms with E-state index < -0.39 is 0 Å². The lowest BCUT2D eigenvalue weighted by atomic mass is 9.89. The zero-order valence-corrected chi connectivity index (χ0v) is 37.8. The first-order chi connectivity index (χ1) is 33.6. The number of fused-ring (bicyclic) bond motifs is 6. The van der Waals surface area contributed by atoms with Crippen LogP contribution in [0, 0.1) is 22.7 Å². The van der Waals surface area contributed by atoms with E-state index in [9.17, 15) is 10.5 Å². The summed E-state index contributed by atoms with van der Waals surface area (Å²) in [5, 5.41) is 20.6. The molecule has 0 radical (unpaired) electrons. The molecule has 6 heteroatoms. The van der Waals surface area contributed by atoms with Gasteiger partial charge in [0.15, 0.2) is 0 Å².